The number of benzene rings is 1. The highest BCUT2D eigenvalue weighted by Gasteiger charge is 2.39. The van der Waals surface area contributed by atoms with Crippen molar-refractivity contribution in [1.29, 1.82) is 0 Å². The summed E-state index contributed by atoms with van der Waals surface area (Å²) in [6.07, 6.45) is 10.5. The van der Waals surface area contributed by atoms with E-state index in [4.69, 9.17) is 6.42 Å². The highest BCUT2D eigenvalue weighted by atomic mass is 16.2. The minimum atomic E-state index is -0.388. The Morgan fingerprint density at radius 2 is 2.04 bits per heavy atom. The number of amides is 1. The second-order valence-electron chi connectivity index (χ2n) is 6.82. The van der Waals surface area contributed by atoms with E-state index in [1.165, 1.54) is 5.69 Å². The van der Waals surface area contributed by atoms with Gasteiger partial charge in [0, 0.05) is 50.8 Å². The SMILES string of the molecule is C#CCCC1(CCC(=O)N2CCc3c(cnn3-c3ccccc3)C2)N=N1. The van der Waals surface area contributed by atoms with Crippen molar-refractivity contribution in [2.75, 3.05) is 6.54 Å². The predicted octanol–water partition coefficient (Wildman–Crippen LogP) is 3.11. The van der Waals surface area contributed by atoms with E-state index in [1.807, 2.05) is 46.1 Å². The first-order valence-corrected chi connectivity index (χ1v) is 8.97. The maximum Gasteiger partial charge on any atom is 0.223 e. The molecule has 6 heteroatoms. The third-order valence-corrected chi connectivity index (χ3v) is 5.08. The second kappa shape index (κ2) is 6.75. The molecule has 0 unspecified atom stereocenters. The fraction of sp³-hybridized carbons (Fsp3) is 0.400. The van der Waals surface area contributed by atoms with E-state index in [9.17, 15) is 4.79 Å². The van der Waals surface area contributed by atoms with E-state index in [0.29, 0.717) is 25.8 Å². The molecule has 0 radical (unpaired) electrons. The van der Waals surface area contributed by atoms with Gasteiger partial charge in [0.15, 0.2) is 5.66 Å². The maximum atomic E-state index is 12.6. The zero-order chi connectivity index (χ0) is 18.0. The molecular weight excluding hydrogens is 326 g/mol. The Labute approximate surface area is 152 Å². The number of fused-ring (bicyclic) bond motifs is 1. The number of carbonyl (C=O) groups excluding carboxylic acids is 1. The summed E-state index contributed by atoms with van der Waals surface area (Å²) in [6, 6.07) is 10.1. The molecule has 2 aliphatic heterocycles. The van der Waals surface area contributed by atoms with Crippen molar-refractivity contribution in [3.05, 3.63) is 47.8 Å². The summed E-state index contributed by atoms with van der Waals surface area (Å²) in [6.45, 7) is 1.34. The molecule has 0 fully saturated rings. The van der Waals surface area contributed by atoms with Crippen LogP contribution in [0.25, 0.3) is 5.69 Å². The molecule has 1 amide bonds. The third kappa shape index (κ3) is 3.25. The van der Waals surface area contributed by atoms with E-state index in [2.05, 4.69) is 21.2 Å². The largest absolute Gasteiger partial charge is 0.338 e. The number of aromatic nitrogens is 2. The van der Waals surface area contributed by atoms with E-state index in [1.54, 1.807) is 0 Å². The smallest absolute Gasteiger partial charge is 0.223 e. The molecule has 3 heterocycles. The number of nitrogens with zero attached hydrogens (tertiary/aromatic N) is 5. The van der Waals surface area contributed by atoms with Gasteiger partial charge in [-0.05, 0) is 12.1 Å². The van der Waals surface area contributed by atoms with Crippen molar-refractivity contribution in [2.45, 2.75) is 44.3 Å². The lowest BCUT2D eigenvalue weighted by Crippen LogP contribution is -2.36. The molecule has 0 bridgehead atoms. The minimum Gasteiger partial charge on any atom is -0.338 e. The highest BCUT2D eigenvalue weighted by Crippen LogP contribution is 2.38. The molecule has 132 valence electrons. The summed E-state index contributed by atoms with van der Waals surface area (Å²) in [5.74, 6) is 2.77. The van der Waals surface area contributed by atoms with Crippen molar-refractivity contribution in [3.63, 3.8) is 0 Å². The first kappa shape index (κ1) is 16.5. The fourth-order valence-corrected chi connectivity index (χ4v) is 3.47. The van der Waals surface area contributed by atoms with Crippen LogP contribution < -0.4 is 0 Å². The Bertz CT molecular complexity index is 871. The van der Waals surface area contributed by atoms with Gasteiger partial charge < -0.3 is 4.90 Å². The van der Waals surface area contributed by atoms with Crippen LogP contribution in [0.15, 0.2) is 46.8 Å². The number of hydrogen-bond donors (Lipinski definition) is 0. The molecule has 0 spiro atoms. The van der Waals surface area contributed by atoms with E-state index in [0.717, 1.165) is 30.6 Å². The quantitative estimate of drug-likeness (QED) is 0.754. The molecular formula is C20H21N5O. The molecule has 1 aromatic carbocycles. The maximum absolute atomic E-state index is 12.6. The third-order valence-electron chi connectivity index (χ3n) is 5.08. The Hall–Kier alpha value is -2.94. The number of rotatable bonds is 6. The molecule has 4 rings (SSSR count). The van der Waals surface area contributed by atoms with Gasteiger partial charge in [-0.2, -0.15) is 15.3 Å². The normalized spacial score (nSPS) is 16.8. The van der Waals surface area contributed by atoms with Crippen molar-refractivity contribution >= 4 is 5.91 Å². The standard InChI is InChI=1S/C20H21N5O/c1-2-3-11-20(22-23-20)12-9-19(26)24-13-10-18-16(15-24)14-21-25(18)17-7-5-4-6-8-17/h1,4-8,14H,3,9-13,15H2. The average Bonchev–Trinajstić information content (AvgIpc) is 3.34. The molecule has 0 saturated heterocycles. The van der Waals surface area contributed by atoms with Crippen LogP contribution in [0.3, 0.4) is 0 Å². The molecule has 0 atom stereocenters. The van der Waals surface area contributed by atoms with E-state index >= 15 is 0 Å². The molecule has 0 aliphatic carbocycles. The number of terminal acetylenes is 1. The van der Waals surface area contributed by atoms with Gasteiger partial charge in [-0.15, -0.1) is 12.3 Å². The van der Waals surface area contributed by atoms with Gasteiger partial charge >= 0.3 is 0 Å². The molecule has 26 heavy (non-hydrogen) atoms. The van der Waals surface area contributed by atoms with Crippen LogP contribution >= 0.6 is 0 Å². The fourth-order valence-electron chi connectivity index (χ4n) is 3.47. The molecule has 0 N–H and O–H groups in total. The van der Waals surface area contributed by atoms with Crippen LogP contribution in [0, 0.1) is 12.3 Å². The minimum absolute atomic E-state index is 0.153. The van der Waals surface area contributed by atoms with Gasteiger partial charge in [0.25, 0.3) is 0 Å². The number of para-hydroxylation sites is 1. The van der Waals surface area contributed by atoms with Crippen molar-refractivity contribution in [1.82, 2.24) is 14.7 Å². The molecule has 2 aliphatic rings. The highest BCUT2D eigenvalue weighted by molar-refractivity contribution is 5.76. The first-order valence-electron chi connectivity index (χ1n) is 8.97. The average molecular weight is 347 g/mol. The van der Waals surface area contributed by atoms with Crippen LogP contribution in [-0.4, -0.2) is 32.8 Å². The van der Waals surface area contributed by atoms with Gasteiger partial charge in [-0.1, -0.05) is 18.2 Å². The summed E-state index contributed by atoms with van der Waals surface area (Å²) in [4.78, 5) is 14.5. The summed E-state index contributed by atoms with van der Waals surface area (Å²) in [5.41, 5.74) is 2.98. The molecule has 1 aromatic heterocycles. The molecule has 2 aromatic rings. The van der Waals surface area contributed by atoms with E-state index < -0.39 is 0 Å². The zero-order valence-electron chi connectivity index (χ0n) is 14.6. The van der Waals surface area contributed by atoms with E-state index in [-0.39, 0.29) is 11.6 Å². The van der Waals surface area contributed by atoms with Crippen LogP contribution in [-0.2, 0) is 17.8 Å². The Morgan fingerprint density at radius 3 is 2.77 bits per heavy atom. The predicted molar refractivity (Wildman–Crippen MR) is 97.6 cm³/mol. The van der Waals surface area contributed by atoms with Gasteiger partial charge in [-0.25, -0.2) is 4.68 Å². The molecule has 0 saturated carbocycles. The van der Waals surface area contributed by atoms with Crippen LogP contribution in [0.1, 0.15) is 36.9 Å². The Kier molecular flexibility index (Phi) is 4.29. The molecule has 6 nitrogen and oxygen atoms in total. The van der Waals surface area contributed by atoms with Gasteiger partial charge in [0.1, 0.15) is 0 Å². The monoisotopic (exact) mass is 347 g/mol. The van der Waals surface area contributed by atoms with Crippen LogP contribution in [0.4, 0.5) is 0 Å². The van der Waals surface area contributed by atoms with Gasteiger partial charge in [0.05, 0.1) is 17.6 Å². The van der Waals surface area contributed by atoms with Crippen LogP contribution in [0.2, 0.25) is 0 Å². The zero-order valence-corrected chi connectivity index (χ0v) is 14.6. The number of carbonyl (C=O) groups is 1. The topological polar surface area (TPSA) is 62.9 Å². The Balaban J connectivity index is 1.38. The summed E-state index contributed by atoms with van der Waals surface area (Å²) >= 11 is 0. The summed E-state index contributed by atoms with van der Waals surface area (Å²) in [7, 11) is 0. The second-order valence-corrected chi connectivity index (χ2v) is 6.82. The summed E-state index contributed by atoms with van der Waals surface area (Å²) in [5, 5.41) is 12.7. The van der Waals surface area contributed by atoms with Crippen LogP contribution in [0.5, 0.6) is 0 Å². The summed E-state index contributed by atoms with van der Waals surface area (Å²) < 4.78 is 1.98. The lowest BCUT2D eigenvalue weighted by Gasteiger charge is -2.28. The first-order chi connectivity index (χ1) is 12.7. The van der Waals surface area contributed by atoms with Crippen molar-refractivity contribution in [3.8, 4) is 18.0 Å². The van der Waals surface area contributed by atoms with Crippen molar-refractivity contribution in [2.24, 2.45) is 10.2 Å². The Morgan fingerprint density at radius 1 is 1.23 bits per heavy atom. The lowest BCUT2D eigenvalue weighted by molar-refractivity contribution is -0.132. The van der Waals surface area contributed by atoms with Gasteiger partial charge in [0.2, 0.25) is 5.91 Å². The van der Waals surface area contributed by atoms with Gasteiger partial charge in [-0.3, -0.25) is 4.79 Å². The number of hydrogen-bond acceptors (Lipinski definition) is 4. The lowest BCUT2D eigenvalue weighted by atomic mass is 10.0. The van der Waals surface area contributed by atoms with Crippen molar-refractivity contribution < 1.29 is 4.79 Å².